The first-order chi connectivity index (χ1) is 11.7. The molecule has 2 N–H and O–H groups in total. The molecule has 128 valence electrons. The molecular formula is C17H23N5OS. The molecule has 0 bridgehead atoms. The summed E-state index contributed by atoms with van der Waals surface area (Å²) in [7, 11) is 0. The molecule has 1 aromatic heterocycles. The van der Waals surface area contributed by atoms with Crippen LogP contribution < -0.4 is 10.6 Å². The van der Waals surface area contributed by atoms with Crippen LogP contribution in [0.4, 0.5) is 9.93 Å². The molecule has 3 rings (SSSR count). The third kappa shape index (κ3) is 4.75. The summed E-state index contributed by atoms with van der Waals surface area (Å²) in [5, 5.41) is 13.4. The van der Waals surface area contributed by atoms with Gasteiger partial charge < -0.3 is 5.32 Å². The van der Waals surface area contributed by atoms with Gasteiger partial charge in [-0.25, -0.2) is 4.79 Å². The summed E-state index contributed by atoms with van der Waals surface area (Å²) in [6.45, 7) is 5.00. The van der Waals surface area contributed by atoms with Crippen LogP contribution in [0.15, 0.2) is 29.8 Å². The topological polar surface area (TPSA) is 70.2 Å². The molecule has 0 unspecified atom stereocenters. The lowest BCUT2D eigenvalue weighted by Gasteiger charge is -2.33. The molecule has 1 saturated heterocycles. The van der Waals surface area contributed by atoms with Crippen LogP contribution in [0.2, 0.25) is 0 Å². The maximum absolute atomic E-state index is 11.8. The van der Waals surface area contributed by atoms with Crippen LogP contribution in [-0.2, 0) is 13.1 Å². The van der Waals surface area contributed by atoms with Crippen LogP contribution in [0.25, 0.3) is 0 Å². The SMILES string of the molecule is C[C@@H]1CCCCN1Cc1ccc(CNC(=O)Nc2nncs2)cc1. The Hall–Kier alpha value is -1.99. The number of nitrogens with zero attached hydrogens (tertiary/aromatic N) is 3. The normalized spacial score (nSPS) is 18.3. The molecule has 1 aliphatic heterocycles. The van der Waals surface area contributed by atoms with Gasteiger partial charge in [0, 0.05) is 19.1 Å². The Labute approximate surface area is 146 Å². The Bertz CT molecular complexity index is 644. The Morgan fingerprint density at radius 2 is 2.08 bits per heavy atom. The highest BCUT2D eigenvalue weighted by Crippen LogP contribution is 2.19. The van der Waals surface area contributed by atoms with Gasteiger partial charge in [-0.3, -0.25) is 10.2 Å². The summed E-state index contributed by atoms with van der Waals surface area (Å²) < 4.78 is 0. The van der Waals surface area contributed by atoms with Crippen molar-refractivity contribution in [1.82, 2.24) is 20.4 Å². The van der Waals surface area contributed by atoms with E-state index in [2.05, 4.69) is 56.9 Å². The van der Waals surface area contributed by atoms with Gasteiger partial charge in [-0.05, 0) is 37.4 Å². The number of urea groups is 1. The van der Waals surface area contributed by atoms with E-state index in [1.54, 1.807) is 5.51 Å². The minimum atomic E-state index is -0.266. The fourth-order valence-electron chi connectivity index (χ4n) is 2.94. The number of carbonyl (C=O) groups excluding carboxylic acids is 1. The highest BCUT2D eigenvalue weighted by Gasteiger charge is 2.17. The Morgan fingerprint density at radius 1 is 1.29 bits per heavy atom. The molecule has 0 saturated carbocycles. The maximum atomic E-state index is 11.8. The van der Waals surface area contributed by atoms with Gasteiger partial charge in [0.25, 0.3) is 0 Å². The number of hydrogen-bond acceptors (Lipinski definition) is 5. The molecule has 2 amide bonds. The molecule has 1 aromatic carbocycles. The average Bonchev–Trinajstić information content (AvgIpc) is 3.09. The van der Waals surface area contributed by atoms with Crippen molar-refractivity contribution in [3.05, 3.63) is 40.9 Å². The zero-order valence-corrected chi connectivity index (χ0v) is 14.7. The summed E-state index contributed by atoms with van der Waals surface area (Å²) in [4.78, 5) is 14.3. The number of likely N-dealkylation sites (tertiary alicyclic amines) is 1. The van der Waals surface area contributed by atoms with Crippen molar-refractivity contribution in [3.63, 3.8) is 0 Å². The molecule has 2 heterocycles. The first kappa shape index (κ1) is 16.9. The number of hydrogen-bond donors (Lipinski definition) is 2. The smallest absolute Gasteiger partial charge is 0.321 e. The lowest BCUT2D eigenvalue weighted by atomic mass is 10.0. The van der Waals surface area contributed by atoms with Gasteiger partial charge in [-0.2, -0.15) is 0 Å². The van der Waals surface area contributed by atoms with E-state index in [9.17, 15) is 4.79 Å². The van der Waals surface area contributed by atoms with Gasteiger partial charge >= 0.3 is 6.03 Å². The largest absolute Gasteiger partial charge is 0.334 e. The van der Waals surface area contributed by atoms with Gasteiger partial charge in [0.1, 0.15) is 5.51 Å². The number of benzene rings is 1. The van der Waals surface area contributed by atoms with E-state index in [1.807, 2.05) is 0 Å². The molecule has 0 spiro atoms. The number of carbonyl (C=O) groups is 1. The fourth-order valence-corrected chi connectivity index (χ4v) is 3.38. The zero-order valence-electron chi connectivity index (χ0n) is 13.9. The first-order valence-electron chi connectivity index (χ1n) is 8.33. The summed E-state index contributed by atoms with van der Waals surface area (Å²) in [6.07, 6.45) is 3.95. The second-order valence-electron chi connectivity index (χ2n) is 6.18. The molecule has 2 aromatic rings. The van der Waals surface area contributed by atoms with Crippen LogP contribution in [-0.4, -0.2) is 33.7 Å². The standard InChI is InChI=1S/C17H23N5OS/c1-13-4-2-3-9-22(13)11-15-7-5-14(6-8-15)10-18-16(23)20-17-21-19-12-24-17/h5-8,12-13H,2-4,9-11H2,1H3,(H2,18,20,21,23)/t13-/m1/s1. The van der Waals surface area contributed by atoms with Gasteiger partial charge in [0.15, 0.2) is 0 Å². The second-order valence-corrected chi connectivity index (χ2v) is 7.02. The summed E-state index contributed by atoms with van der Waals surface area (Å²) >= 11 is 1.29. The number of rotatable bonds is 5. The van der Waals surface area contributed by atoms with Crippen LogP contribution in [0.3, 0.4) is 0 Å². The third-order valence-corrected chi connectivity index (χ3v) is 4.99. The van der Waals surface area contributed by atoms with E-state index in [-0.39, 0.29) is 6.03 Å². The third-order valence-electron chi connectivity index (χ3n) is 4.38. The minimum absolute atomic E-state index is 0.266. The lowest BCUT2D eigenvalue weighted by Crippen LogP contribution is -2.36. The molecule has 1 fully saturated rings. The van der Waals surface area contributed by atoms with Crippen molar-refractivity contribution in [2.75, 3.05) is 11.9 Å². The average molecular weight is 345 g/mol. The fraction of sp³-hybridized carbons (Fsp3) is 0.471. The van der Waals surface area contributed by atoms with Crippen molar-refractivity contribution in [1.29, 1.82) is 0 Å². The van der Waals surface area contributed by atoms with Crippen LogP contribution in [0.5, 0.6) is 0 Å². The second kappa shape index (κ2) is 8.21. The quantitative estimate of drug-likeness (QED) is 0.873. The summed E-state index contributed by atoms with van der Waals surface area (Å²) in [5.41, 5.74) is 3.99. The predicted molar refractivity (Wildman–Crippen MR) is 95.9 cm³/mol. The van der Waals surface area contributed by atoms with E-state index in [4.69, 9.17) is 0 Å². The van der Waals surface area contributed by atoms with Crippen molar-refractivity contribution in [3.8, 4) is 0 Å². The number of nitrogens with one attached hydrogen (secondary N) is 2. The van der Waals surface area contributed by atoms with Crippen molar-refractivity contribution in [2.45, 2.75) is 45.3 Å². The number of amides is 2. The minimum Gasteiger partial charge on any atom is -0.334 e. The highest BCUT2D eigenvalue weighted by molar-refractivity contribution is 7.13. The molecule has 7 heteroatoms. The van der Waals surface area contributed by atoms with Gasteiger partial charge in [-0.15, -0.1) is 10.2 Å². The highest BCUT2D eigenvalue weighted by atomic mass is 32.1. The number of piperidine rings is 1. The monoisotopic (exact) mass is 345 g/mol. The van der Waals surface area contributed by atoms with Crippen molar-refractivity contribution >= 4 is 22.5 Å². The summed E-state index contributed by atoms with van der Waals surface area (Å²) in [6, 6.07) is 8.87. The van der Waals surface area contributed by atoms with Crippen molar-refractivity contribution < 1.29 is 4.79 Å². The number of aromatic nitrogens is 2. The van der Waals surface area contributed by atoms with Crippen LogP contribution in [0.1, 0.15) is 37.3 Å². The van der Waals surface area contributed by atoms with Gasteiger partial charge in [0.2, 0.25) is 5.13 Å². The molecule has 24 heavy (non-hydrogen) atoms. The van der Waals surface area contributed by atoms with Crippen LogP contribution >= 0.6 is 11.3 Å². The first-order valence-corrected chi connectivity index (χ1v) is 9.21. The molecule has 0 radical (unpaired) electrons. The van der Waals surface area contributed by atoms with E-state index in [1.165, 1.54) is 42.7 Å². The van der Waals surface area contributed by atoms with Gasteiger partial charge in [0.05, 0.1) is 0 Å². The van der Waals surface area contributed by atoms with E-state index < -0.39 is 0 Å². The Balaban J connectivity index is 1.46. The Morgan fingerprint density at radius 3 is 2.79 bits per heavy atom. The van der Waals surface area contributed by atoms with Crippen LogP contribution in [0, 0.1) is 0 Å². The molecule has 1 aliphatic rings. The van der Waals surface area contributed by atoms with E-state index in [0.717, 1.165) is 12.1 Å². The van der Waals surface area contributed by atoms with Crippen molar-refractivity contribution in [2.24, 2.45) is 0 Å². The van der Waals surface area contributed by atoms with E-state index >= 15 is 0 Å². The number of anilines is 1. The molecule has 1 atom stereocenters. The van der Waals surface area contributed by atoms with E-state index in [0.29, 0.717) is 17.7 Å². The predicted octanol–water partition coefficient (Wildman–Crippen LogP) is 3.23. The zero-order chi connectivity index (χ0) is 16.8. The maximum Gasteiger partial charge on any atom is 0.321 e. The molecular weight excluding hydrogens is 322 g/mol. The lowest BCUT2D eigenvalue weighted by molar-refractivity contribution is 0.152. The van der Waals surface area contributed by atoms with Gasteiger partial charge in [-0.1, -0.05) is 42.0 Å². The molecule has 6 nitrogen and oxygen atoms in total. The summed E-state index contributed by atoms with van der Waals surface area (Å²) in [5.74, 6) is 0. The molecule has 0 aliphatic carbocycles. The Kier molecular flexibility index (Phi) is 5.77.